The SMILES string of the molecule is CC1(C)CCC[C@]2(C)[C@H](CCOCc3ccccc3)C(=O)CC[C@@H]12. The zero-order valence-electron chi connectivity index (χ0n) is 15.5. The number of benzene rings is 1. The van der Waals surface area contributed by atoms with E-state index < -0.39 is 0 Å². The van der Waals surface area contributed by atoms with Gasteiger partial charge in [-0.05, 0) is 48.0 Å². The Balaban J connectivity index is 1.61. The van der Waals surface area contributed by atoms with Gasteiger partial charge in [-0.3, -0.25) is 4.79 Å². The van der Waals surface area contributed by atoms with Crippen LogP contribution < -0.4 is 0 Å². The van der Waals surface area contributed by atoms with E-state index in [4.69, 9.17) is 4.74 Å². The van der Waals surface area contributed by atoms with Crippen LogP contribution in [0.3, 0.4) is 0 Å². The Hall–Kier alpha value is -1.15. The van der Waals surface area contributed by atoms with Gasteiger partial charge in [-0.1, -0.05) is 57.5 Å². The molecule has 24 heavy (non-hydrogen) atoms. The molecule has 0 radical (unpaired) electrons. The maximum Gasteiger partial charge on any atom is 0.136 e. The number of carbonyl (C=O) groups is 1. The average Bonchev–Trinajstić information content (AvgIpc) is 2.53. The summed E-state index contributed by atoms with van der Waals surface area (Å²) in [6.45, 7) is 8.54. The number of ether oxygens (including phenoxy) is 1. The second-order valence-electron chi connectivity index (χ2n) is 8.78. The van der Waals surface area contributed by atoms with Crippen LogP contribution in [0.5, 0.6) is 0 Å². The van der Waals surface area contributed by atoms with Crippen molar-refractivity contribution < 1.29 is 9.53 Å². The van der Waals surface area contributed by atoms with Crippen molar-refractivity contribution in [3.05, 3.63) is 35.9 Å². The molecule has 3 rings (SSSR count). The smallest absolute Gasteiger partial charge is 0.136 e. The molecule has 0 bridgehead atoms. The average molecular weight is 328 g/mol. The maximum atomic E-state index is 12.7. The van der Waals surface area contributed by atoms with Crippen molar-refractivity contribution in [2.45, 2.75) is 65.9 Å². The minimum absolute atomic E-state index is 0.174. The van der Waals surface area contributed by atoms with Gasteiger partial charge in [0.2, 0.25) is 0 Å². The molecule has 1 aromatic rings. The molecule has 2 aliphatic rings. The van der Waals surface area contributed by atoms with E-state index in [-0.39, 0.29) is 11.3 Å². The molecule has 0 aromatic heterocycles. The Bertz CT molecular complexity index is 563. The fraction of sp³-hybridized carbons (Fsp3) is 0.682. The van der Waals surface area contributed by atoms with Gasteiger partial charge in [0.25, 0.3) is 0 Å². The van der Waals surface area contributed by atoms with Crippen LogP contribution in [-0.4, -0.2) is 12.4 Å². The Kier molecular flexibility index (Phi) is 5.15. The van der Waals surface area contributed by atoms with Crippen molar-refractivity contribution in [3.8, 4) is 0 Å². The molecule has 2 nitrogen and oxygen atoms in total. The van der Waals surface area contributed by atoms with Crippen LogP contribution in [-0.2, 0) is 16.1 Å². The molecule has 2 saturated carbocycles. The van der Waals surface area contributed by atoms with Gasteiger partial charge >= 0.3 is 0 Å². The van der Waals surface area contributed by atoms with E-state index in [0.717, 1.165) is 19.3 Å². The lowest BCUT2D eigenvalue weighted by Gasteiger charge is -2.56. The van der Waals surface area contributed by atoms with Gasteiger partial charge in [-0.25, -0.2) is 0 Å². The van der Waals surface area contributed by atoms with Crippen LogP contribution in [0.2, 0.25) is 0 Å². The van der Waals surface area contributed by atoms with E-state index in [1.54, 1.807) is 0 Å². The summed E-state index contributed by atoms with van der Waals surface area (Å²) in [5.41, 5.74) is 1.75. The highest BCUT2D eigenvalue weighted by Gasteiger charge is 2.54. The van der Waals surface area contributed by atoms with Crippen molar-refractivity contribution in [3.63, 3.8) is 0 Å². The molecular weight excluding hydrogens is 296 g/mol. The monoisotopic (exact) mass is 328 g/mol. The van der Waals surface area contributed by atoms with E-state index in [1.165, 1.54) is 24.8 Å². The van der Waals surface area contributed by atoms with Gasteiger partial charge < -0.3 is 4.74 Å². The normalized spacial score (nSPS) is 32.4. The number of ketones is 1. The van der Waals surface area contributed by atoms with Gasteiger partial charge in [0.15, 0.2) is 0 Å². The van der Waals surface area contributed by atoms with E-state index in [9.17, 15) is 4.79 Å². The zero-order chi connectivity index (χ0) is 17.2. The van der Waals surface area contributed by atoms with Crippen molar-refractivity contribution in [1.82, 2.24) is 0 Å². The summed E-state index contributed by atoms with van der Waals surface area (Å²) in [6, 6.07) is 10.3. The second-order valence-corrected chi connectivity index (χ2v) is 8.78. The van der Waals surface area contributed by atoms with Gasteiger partial charge in [-0.15, -0.1) is 0 Å². The molecule has 0 spiro atoms. The van der Waals surface area contributed by atoms with E-state index in [1.807, 2.05) is 18.2 Å². The minimum Gasteiger partial charge on any atom is -0.377 e. The molecular formula is C22H32O2. The third-order valence-corrected chi connectivity index (χ3v) is 6.80. The van der Waals surface area contributed by atoms with Gasteiger partial charge in [0.05, 0.1) is 6.61 Å². The van der Waals surface area contributed by atoms with Crippen molar-refractivity contribution in [2.24, 2.45) is 22.7 Å². The summed E-state index contributed by atoms with van der Waals surface area (Å²) >= 11 is 0. The molecule has 0 saturated heterocycles. The second kappa shape index (κ2) is 7.00. The number of fused-ring (bicyclic) bond motifs is 1. The Morgan fingerprint density at radius 2 is 1.88 bits per heavy atom. The molecule has 132 valence electrons. The lowest BCUT2D eigenvalue weighted by Crippen LogP contribution is -2.52. The lowest BCUT2D eigenvalue weighted by molar-refractivity contribution is -0.144. The first-order chi connectivity index (χ1) is 11.4. The Morgan fingerprint density at radius 1 is 1.12 bits per heavy atom. The van der Waals surface area contributed by atoms with Crippen molar-refractivity contribution in [2.75, 3.05) is 6.61 Å². The Labute approximate surface area is 147 Å². The molecule has 0 unspecified atom stereocenters. The number of rotatable bonds is 5. The molecule has 0 amide bonds. The van der Waals surface area contributed by atoms with E-state index in [0.29, 0.717) is 30.3 Å². The molecule has 0 aliphatic heterocycles. The highest BCUT2D eigenvalue weighted by molar-refractivity contribution is 5.82. The van der Waals surface area contributed by atoms with Crippen molar-refractivity contribution >= 4 is 5.78 Å². The minimum atomic E-state index is 0.174. The highest BCUT2D eigenvalue weighted by Crippen LogP contribution is 2.59. The van der Waals surface area contributed by atoms with Gasteiger partial charge in [0.1, 0.15) is 5.78 Å². The molecule has 2 aliphatic carbocycles. The standard InChI is InChI=1S/C22H32O2/c1-21(2)13-7-14-22(3)18(19(23)10-11-20(21)22)12-15-24-16-17-8-5-4-6-9-17/h4-6,8-9,18,20H,7,10-16H2,1-3H3/t18-,20+,22-/m1/s1. The summed E-state index contributed by atoms with van der Waals surface area (Å²) in [6.07, 6.45) is 6.51. The molecule has 1 aromatic carbocycles. The van der Waals surface area contributed by atoms with E-state index >= 15 is 0 Å². The van der Waals surface area contributed by atoms with Crippen LogP contribution in [0, 0.1) is 22.7 Å². The summed E-state index contributed by atoms with van der Waals surface area (Å²) in [5, 5.41) is 0. The fourth-order valence-electron chi connectivity index (χ4n) is 5.59. The number of hydrogen-bond acceptors (Lipinski definition) is 2. The van der Waals surface area contributed by atoms with Crippen LogP contribution >= 0.6 is 0 Å². The molecule has 0 heterocycles. The molecule has 2 fully saturated rings. The first kappa shape index (κ1) is 17.7. The predicted molar refractivity (Wildman–Crippen MR) is 97.7 cm³/mol. The molecule has 0 N–H and O–H groups in total. The van der Waals surface area contributed by atoms with Gasteiger partial charge in [0, 0.05) is 18.9 Å². The first-order valence-corrected chi connectivity index (χ1v) is 9.58. The van der Waals surface area contributed by atoms with Crippen LogP contribution in [0.1, 0.15) is 64.9 Å². The summed E-state index contributed by atoms with van der Waals surface area (Å²) in [5.74, 6) is 1.34. The number of carbonyl (C=O) groups excluding carboxylic acids is 1. The third kappa shape index (κ3) is 3.44. The summed E-state index contributed by atoms with van der Waals surface area (Å²) in [4.78, 5) is 12.7. The van der Waals surface area contributed by atoms with Gasteiger partial charge in [-0.2, -0.15) is 0 Å². The van der Waals surface area contributed by atoms with Crippen LogP contribution in [0.15, 0.2) is 30.3 Å². The first-order valence-electron chi connectivity index (χ1n) is 9.58. The summed E-state index contributed by atoms with van der Waals surface area (Å²) < 4.78 is 5.90. The Morgan fingerprint density at radius 3 is 2.62 bits per heavy atom. The quantitative estimate of drug-likeness (QED) is 0.676. The van der Waals surface area contributed by atoms with E-state index in [2.05, 4.69) is 32.9 Å². The van der Waals surface area contributed by atoms with Crippen LogP contribution in [0.4, 0.5) is 0 Å². The molecule has 2 heteroatoms. The van der Waals surface area contributed by atoms with Crippen molar-refractivity contribution in [1.29, 1.82) is 0 Å². The highest BCUT2D eigenvalue weighted by atomic mass is 16.5. The topological polar surface area (TPSA) is 26.3 Å². The largest absolute Gasteiger partial charge is 0.377 e. The fourth-order valence-corrected chi connectivity index (χ4v) is 5.59. The zero-order valence-corrected chi connectivity index (χ0v) is 15.5. The summed E-state index contributed by atoms with van der Waals surface area (Å²) in [7, 11) is 0. The third-order valence-electron chi connectivity index (χ3n) is 6.80. The molecule has 3 atom stereocenters. The lowest BCUT2D eigenvalue weighted by atomic mass is 9.48. The predicted octanol–water partition coefficient (Wildman–Crippen LogP) is 5.41. The number of Topliss-reactive ketones (excluding diaryl/α,β-unsaturated/α-hetero) is 1. The number of hydrogen-bond donors (Lipinski definition) is 0. The maximum absolute atomic E-state index is 12.7. The van der Waals surface area contributed by atoms with Crippen LogP contribution in [0.25, 0.3) is 0 Å².